The van der Waals surface area contributed by atoms with E-state index in [1.165, 1.54) is 44.9 Å². The molecule has 1 aliphatic carbocycles. The minimum Gasteiger partial charge on any atom is -0.393 e. The van der Waals surface area contributed by atoms with E-state index in [0.717, 1.165) is 18.3 Å². The van der Waals surface area contributed by atoms with E-state index in [0.29, 0.717) is 16.9 Å². The summed E-state index contributed by atoms with van der Waals surface area (Å²) in [4.78, 5) is 10.6. The molecule has 1 unspecified atom stereocenters. The second-order valence-corrected chi connectivity index (χ2v) is 5.71. The van der Waals surface area contributed by atoms with Gasteiger partial charge in [-0.3, -0.25) is 0 Å². The monoisotopic (exact) mass is 266 g/mol. The van der Waals surface area contributed by atoms with Gasteiger partial charge in [-0.1, -0.05) is 24.4 Å². The maximum atomic E-state index is 6.02. The van der Waals surface area contributed by atoms with Crippen LogP contribution in [-0.2, 0) is 0 Å². The lowest BCUT2D eigenvalue weighted by Gasteiger charge is -2.31. The normalized spacial score (nSPS) is 24.9. The van der Waals surface area contributed by atoms with Crippen LogP contribution < -0.4 is 10.6 Å². The van der Waals surface area contributed by atoms with E-state index in [1.807, 2.05) is 0 Å². The summed E-state index contributed by atoms with van der Waals surface area (Å²) in [6.45, 7) is 1.04. The summed E-state index contributed by atoms with van der Waals surface area (Å²) < 4.78 is 0. The van der Waals surface area contributed by atoms with E-state index in [2.05, 4.69) is 14.9 Å². The first-order valence-electron chi connectivity index (χ1n) is 6.80. The van der Waals surface area contributed by atoms with Gasteiger partial charge in [-0.25, -0.2) is 9.97 Å². The lowest BCUT2D eigenvalue weighted by Crippen LogP contribution is -2.35. The fraction of sp³-hybridized carbons (Fsp3) is 0.692. The van der Waals surface area contributed by atoms with Crippen molar-refractivity contribution in [2.75, 3.05) is 17.2 Å². The Morgan fingerprint density at radius 2 is 1.94 bits per heavy atom. The SMILES string of the molecule is Nc1c(Cl)ncnc1N1CCCC1C1CCCC1. The van der Waals surface area contributed by atoms with Crippen molar-refractivity contribution in [3.8, 4) is 0 Å². The van der Waals surface area contributed by atoms with Crippen LogP contribution in [0.1, 0.15) is 38.5 Å². The van der Waals surface area contributed by atoms with E-state index in [1.54, 1.807) is 0 Å². The van der Waals surface area contributed by atoms with Gasteiger partial charge in [-0.05, 0) is 31.6 Å². The predicted molar refractivity (Wildman–Crippen MR) is 73.8 cm³/mol. The van der Waals surface area contributed by atoms with Crippen molar-refractivity contribution in [2.24, 2.45) is 5.92 Å². The van der Waals surface area contributed by atoms with Gasteiger partial charge < -0.3 is 10.6 Å². The number of hydrogen-bond acceptors (Lipinski definition) is 4. The number of rotatable bonds is 2. The Hall–Kier alpha value is -1.03. The third-order valence-corrected chi connectivity index (χ3v) is 4.63. The van der Waals surface area contributed by atoms with Crippen molar-refractivity contribution in [2.45, 2.75) is 44.6 Å². The van der Waals surface area contributed by atoms with Crippen LogP contribution in [0.5, 0.6) is 0 Å². The van der Waals surface area contributed by atoms with Crippen molar-refractivity contribution >= 4 is 23.1 Å². The molecule has 1 aromatic rings. The molecule has 3 rings (SSSR count). The van der Waals surface area contributed by atoms with Crippen molar-refractivity contribution in [3.63, 3.8) is 0 Å². The molecular weight excluding hydrogens is 248 g/mol. The minimum atomic E-state index is 0.372. The summed E-state index contributed by atoms with van der Waals surface area (Å²) in [7, 11) is 0. The highest BCUT2D eigenvalue weighted by atomic mass is 35.5. The highest BCUT2D eigenvalue weighted by Crippen LogP contribution is 2.39. The zero-order valence-corrected chi connectivity index (χ0v) is 11.2. The average Bonchev–Trinajstić information content (AvgIpc) is 3.01. The van der Waals surface area contributed by atoms with Crippen LogP contribution >= 0.6 is 11.6 Å². The molecule has 2 fully saturated rings. The maximum absolute atomic E-state index is 6.02. The Kier molecular flexibility index (Phi) is 3.29. The number of aromatic nitrogens is 2. The smallest absolute Gasteiger partial charge is 0.157 e. The molecule has 1 aliphatic heterocycles. The summed E-state index contributed by atoms with van der Waals surface area (Å²) in [6.07, 6.45) is 9.43. The molecule has 98 valence electrons. The molecule has 0 aromatic carbocycles. The largest absolute Gasteiger partial charge is 0.393 e. The first kappa shape index (κ1) is 12.0. The standard InChI is InChI=1S/C13H19ClN4/c14-12-11(15)13(17-8-16-12)18-7-3-6-10(18)9-4-1-2-5-9/h8-10H,1-7,15H2. The van der Waals surface area contributed by atoms with E-state index in [-0.39, 0.29) is 0 Å². The van der Waals surface area contributed by atoms with Crippen molar-refractivity contribution in [3.05, 3.63) is 11.5 Å². The predicted octanol–water partition coefficient (Wildman–Crippen LogP) is 2.87. The van der Waals surface area contributed by atoms with Crippen LogP contribution in [0.3, 0.4) is 0 Å². The molecule has 1 saturated carbocycles. The molecule has 0 radical (unpaired) electrons. The number of nitrogens with two attached hydrogens (primary N) is 1. The van der Waals surface area contributed by atoms with Gasteiger partial charge in [-0.2, -0.15) is 0 Å². The van der Waals surface area contributed by atoms with Crippen LogP contribution in [0, 0.1) is 5.92 Å². The summed E-state index contributed by atoms with van der Waals surface area (Å²) in [5.41, 5.74) is 6.56. The number of halogens is 1. The lowest BCUT2D eigenvalue weighted by molar-refractivity contribution is 0.429. The van der Waals surface area contributed by atoms with Gasteiger partial charge in [0.25, 0.3) is 0 Å². The Balaban J connectivity index is 1.87. The molecule has 4 nitrogen and oxygen atoms in total. The molecule has 0 amide bonds. The van der Waals surface area contributed by atoms with Crippen molar-refractivity contribution in [1.82, 2.24) is 9.97 Å². The zero-order valence-electron chi connectivity index (χ0n) is 10.5. The third-order valence-electron chi connectivity index (χ3n) is 4.33. The van der Waals surface area contributed by atoms with Crippen LogP contribution in [0.15, 0.2) is 6.33 Å². The Morgan fingerprint density at radius 3 is 2.72 bits per heavy atom. The van der Waals surface area contributed by atoms with Crippen LogP contribution in [-0.4, -0.2) is 22.6 Å². The van der Waals surface area contributed by atoms with Crippen LogP contribution in [0.2, 0.25) is 5.15 Å². The van der Waals surface area contributed by atoms with E-state index >= 15 is 0 Å². The minimum absolute atomic E-state index is 0.372. The molecule has 1 atom stereocenters. The van der Waals surface area contributed by atoms with E-state index in [4.69, 9.17) is 17.3 Å². The number of hydrogen-bond donors (Lipinski definition) is 1. The Bertz CT molecular complexity index is 431. The van der Waals surface area contributed by atoms with E-state index in [9.17, 15) is 0 Å². The average molecular weight is 267 g/mol. The molecular formula is C13H19ClN4. The van der Waals surface area contributed by atoms with Gasteiger partial charge in [0, 0.05) is 12.6 Å². The molecule has 1 aromatic heterocycles. The highest BCUT2D eigenvalue weighted by Gasteiger charge is 2.35. The second-order valence-electron chi connectivity index (χ2n) is 5.35. The highest BCUT2D eigenvalue weighted by molar-refractivity contribution is 6.32. The summed E-state index contributed by atoms with van der Waals surface area (Å²) in [5, 5.41) is 0.372. The lowest BCUT2D eigenvalue weighted by atomic mass is 9.96. The van der Waals surface area contributed by atoms with Gasteiger partial charge in [-0.15, -0.1) is 0 Å². The molecule has 2 heterocycles. The Morgan fingerprint density at radius 1 is 1.17 bits per heavy atom. The molecule has 2 N–H and O–H groups in total. The van der Waals surface area contributed by atoms with Crippen molar-refractivity contribution in [1.29, 1.82) is 0 Å². The summed E-state index contributed by atoms with van der Waals surface area (Å²) in [6, 6.07) is 0.598. The second kappa shape index (κ2) is 4.92. The first-order valence-corrected chi connectivity index (χ1v) is 7.18. The van der Waals surface area contributed by atoms with Gasteiger partial charge in [0.1, 0.15) is 12.0 Å². The Labute approximate surface area is 113 Å². The molecule has 2 aliphatic rings. The number of nitrogen functional groups attached to an aromatic ring is 1. The van der Waals surface area contributed by atoms with Gasteiger partial charge >= 0.3 is 0 Å². The van der Waals surface area contributed by atoms with Crippen LogP contribution in [0.25, 0.3) is 0 Å². The van der Waals surface area contributed by atoms with Crippen LogP contribution in [0.4, 0.5) is 11.5 Å². The molecule has 0 spiro atoms. The summed E-state index contributed by atoms with van der Waals surface area (Å²) >= 11 is 6.00. The number of anilines is 2. The fourth-order valence-electron chi connectivity index (χ4n) is 3.48. The molecule has 18 heavy (non-hydrogen) atoms. The molecule has 1 saturated heterocycles. The summed E-state index contributed by atoms with van der Waals surface area (Å²) in [5.74, 6) is 1.64. The number of nitrogens with zero attached hydrogens (tertiary/aromatic N) is 3. The molecule has 0 bridgehead atoms. The fourth-order valence-corrected chi connectivity index (χ4v) is 3.61. The van der Waals surface area contributed by atoms with Gasteiger partial charge in [0.05, 0.1) is 0 Å². The van der Waals surface area contributed by atoms with Crippen molar-refractivity contribution < 1.29 is 0 Å². The maximum Gasteiger partial charge on any atom is 0.157 e. The van der Waals surface area contributed by atoms with E-state index < -0.39 is 0 Å². The van der Waals surface area contributed by atoms with Gasteiger partial charge in [0.2, 0.25) is 0 Å². The third kappa shape index (κ3) is 2.03. The molecule has 5 heteroatoms. The zero-order chi connectivity index (χ0) is 12.5. The topological polar surface area (TPSA) is 55.0 Å². The van der Waals surface area contributed by atoms with Gasteiger partial charge in [0.15, 0.2) is 11.0 Å². The first-order chi connectivity index (χ1) is 8.77. The quantitative estimate of drug-likeness (QED) is 0.837.